The minimum absolute atomic E-state index is 0.337. The summed E-state index contributed by atoms with van der Waals surface area (Å²) in [7, 11) is -5.02. The standard InChI is InChI=1S/C54H45O4P3/c55-59(56-46-28-10-1-11-29-46,57-60(47-30-12-2-13-31-47,48-32-14-3-15-33-48,49-34-16-4-17-35-49)50-36-18-5-19-37-50)58-61(51-38-20-6-21-39-51,52-40-22-7-23-41-52,53-42-24-8-25-43-53)54-44-26-9-27-45-54/h1-45H. The van der Waals surface area contributed by atoms with E-state index in [4.69, 9.17) is 13.1 Å². The van der Waals surface area contributed by atoms with Crippen LogP contribution in [-0.4, -0.2) is 0 Å². The number of para-hydroxylation sites is 1. The van der Waals surface area contributed by atoms with Gasteiger partial charge in [0.25, 0.3) is 0 Å². The molecule has 0 unspecified atom stereocenters. The number of phosphoric acid groups is 1. The molecule has 9 aromatic rings. The first-order valence-corrected chi connectivity index (χ1v) is 26.1. The third-order valence-electron chi connectivity index (χ3n) is 11.5. The Hall–Kier alpha value is -6.21. The summed E-state index contributed by atoms with van der Waals surface area (Å²) in [5.41, 5.74) is 0. The molecule has 0 saturated carbocycles. The Labute approximate surface area is 358 Å². The molecule has 0 amide bonds. The molecule has 0 N–H and O–H groups in total. The van der Waals surface area contributed by atoms with Crippen LogP contribution in [0.15, 0.2) is 273 Å². The Morgan fingerprint density at radius 3 is 0.590 bits per heavy atom. The summed E-state index contributed by atoms with van der Waals surface area (Å²) in [6.07, 6.45) is 0. The Morgan fingerprint density at radius 1 is 0.246 bits per heavy atom. The summed E-state index contributed by atoms with van der Waals surface area (Å²) in [4.78, 5) is 0. The number of benzene rings is 9. The van der Waals surface area contributed by atoms with E-state index in [1.807, 2.05) is 164 Å². The fourth-order valence-corrected chi connectivity index (χ4v) is 25.7. The van der Waals surface area contributed by atoms with Crippen molar-refractivity contribution in [3.63, 3.8) is 0 Å². The van der Waals surface area contributed by atoms with E-state index in [0.29, 0.717) is 5.75 Å². The van der Waals surface area contributed by atoms with Crippen LogP contribution in [0.5, 0.6) is 5.75 Å². The molecular formula is C54H45O4P3. The van der Waals surface area contributed by atoms with Crippen LogP contribution in [0.3, 0.4) is 0 Å². The monoisotopic (exact) mass is 850 g/mol. The molecule has 0 spiro atoms. The first-order chi connectivity index (χ1) is 30.0. The van der Waals surface area contributed by atoms with Crippen molar-refractivity contribution >= 4 is 63.9 Å². The van der Waals surface area contributed by atoms with Gasteiger partial charge in [-0.1, -0.05) is 0 Å². The topological polar surface area (TPSA) is 44.8 Å². The van der Waals surface area contributed by atoms with Crippen LogP contribution >= 0.6 is 21.5 Å². The molecule has 0 bridgehead atoms. The summed E-state index contributed by atoms with van der Waals surface area (Å²) >= 11 is 0. The summed E-state index contributed by atoms with van der Waals surface area (Å²) in [5.74, 6) is 0.337. The van der Waals surface area contributed by atoms with Crippen molar-refractivity contribution in [2.75, 3.05) is 0 Å². The van der Waals surface area contributed by atoms with Crippen LogP contribution in [0, 0.1) is 0 Å². The molecule has 4 nitrogen and oxygen atoms in total. The predicted molar refractivity (Wildman–Crippen MR) is 259 cm³/mol. The maximum atomic E-state index is 17.8. The Kier molecular flexibility index (Phi) is 11.0. The van der Waals surface area contributed by atoms with Gasteiger partial charge in [0.15, 0.2) is 0 Å². The number of rotatable bonds is 14. The van der Waals surface area contributed by atoms with Gasteiger partial charge < -0.3 is 0 Å². The molecule has 0 aromatic heterocycles. The fourth-order valence-electron chi connectivity index (χ4n) is 8.92. The van der Waals surface area contributed by atoms with E-state index < -0.39 is 21.5 Å². The van der Waals surface area contributed by atoms with Crippen molar-refractivity contribution < 1.29 is 17.7 Å². The van der Waals surface area contributed by atoms with E-state index in [1.54, 1.807) is 12.1 Å². The van der Waals surface area contributed by atoms with Gasteiger partial charge in [0.1, 0.15) is 0 Å². The van der Waals surface area contributed by atoms with Gasteiger partial charge in [0.05, 0.1) is 0 Å². The fraction of sp³-hybridized carbons (Fsp3) is 0. The molecule has 0 radical (unpaired) electrons. The molecule has 9 aromatic carbocycles. The third kappa shape index (κ3) is 6.52. The van der Waals surface area contributed by atoms with E-state index in [9.17, 15) is 0 Å². The molecule has 300 valence electrons. The third-order valence-corrected chi connectivity index (χ3v) is 26.4. The average molecular weight is 851 g/mol. The van der Waals surface area contributed by atoms with Gasteiger partial charge in [-0.25, -0.2) is 0 Å². The second kappa shape index (κ2) is 16.7. The zero-order valence-corrected chi connectivity index (χ0v) is 36.1. The molecule has 9 rings (SSSR count). The van der Waals surface area contributed by atoms with Crippen molar-refractivity contribution in [2.45, 2.75) is 0 Å². The van der Waals surface area contributed by atoms with Gasteiger partial charge in [-0.15, -0.1) is 0 Å². The van der Waals surface area contributed by atoms with Crippen molar-refractivity contribution in [3.05, 3.63) is 273 Å². The molecule has 0 aliphatic rings. The van der Waals surface area contributed by atoms with Crippen LogP contribution in [0.2, 0.25) is 0 Å². The number of hydrogen-bond donors (Lipinski definition) is 0. The quantitative estimate of drug-likeness (QED) is 0.102. The Bertz CT molecular complexity index is 2340. The number of hydrogen-bond acceptors (Lipinski definition) is 4. The zero-order valence-electron chi connectivity index (χ0n) is 33.5. The van der Waals surface area contributed by atoms with Gasteiger partial charge >= 0.3 is 360 Å². The van der Waals surface area contributed by atoms with Gasteiger partial charge in [0.2, 0.25) is 0 Å². The molecule has 7 heteroatoms. The van der Waals surface area contributed by atoms with Crippen LogP contribution in [0.4, 0.5) is 0 Å². The van der Waals surface area contributed by atoms with Crippen LogP contribution in [0.1, 0.15) is 0 Å². The summed E-state index contributed by atoms with van der Waals surface area (Å²) in [5, 5.41) is 6.64. The van der Waals surface area contributed by atoms with Crippen molar-refractivity contribution in [2.24, 2.45) is 0 Å². The van der Waals surface area contributed by atoms with Crippen molar-refractivity contribution in [1.29, 1.82) is 0 Å². The Morgan fingerprint density at radius 2 is 0.410 bits per heavy atom. The molecule has 61 heavy (non-hydrogen) atoms. The average Bonchev–Trinajstić information content (AvgIpc) is 3.35. The second-order valence-electron chi connectivity index (χ2n) is 14.8. The normalized spacial score (nSPS) is 14.0. The molecular weight excluding hydrogens is 806 g/mol. The van der Waals surface area contributed by atoms with Crippen LogP contribution in [-0.2, 0) is 13.2 Å². The van der Waals surface area contributed by atoms with Crippen molar-refractivity contribution in [3.8, 4) is 5.75 Å². The molecule has 0 fully saturated rings. The molecule has 0 aliphatic carbocycles. The van der Waals surface area contributed by atoms with Crippen molar-refractivity contribution in [1.82, 2.24) is 0 Å². The molecule has 0 atom stereocenters. The van der Waals surface area contributed by atoms with E-state index in [0.717, 1.165) is 42.4 Å². The van der Waals surface area contributed by atoms with Gasteiger partial charge in [-0.2, -0.15) is 0 Å². The predicted octanol–water partition coefficient (Wildman–Crippen LogP) is 10.7. The van der Waals surface area contributed by atoms with Crippen LogP contribution in [0.25, 0.3) is 0 Å². The summed E-state index contributed by atoms with van der Waals surface area (Å²) < 4.78 is 41.3. The second-order valence-corrected chi connectivity index (χ2v) is 25.4. The molecule has 0 saturated heterocycles. The van der Waals surface area contributed by atoms with E-state index in [2.05, 4.69) is 97.1 Å². The van der Waals surface area contributed by atoms with E-state index in [-0.39, 0.29) is 0 Å². The molecule has 0 heterocycles. The minimum atomic E-state index is -5.02. The zero-order chi connectivity index (χ0) is 41.5. The summed E-state index contributed by atoms with van der Waals surface area (Å²) in [6.45, 7) is -9.45. The Balaban J connectivity index is 1.51. The first kappa shape index (κ1) is 40.2. The SMILES string of the molecule is O=P(Oc1ccccc1)(OP(c1ccccc1)(c1ccccc1)(c1ccccc1)c1ccccc1)OP(c1ccccc1)(c1ccccc1)(c1ccccc1)c1ccccc1. The van der Waals surface area contributed by atoms with Crippen LogP contribution < -0.4 is 47.0 Å². The van der Waals surface area contributed by atoms with E-state index in [1.165, 1.54) is 0 Å². The molecule has 0 aliphatic heterocycles. The van der Waals surface area contributed by atoms with Gasteiger partial charge in [-0.05, 0) is 0 Å². The maximum absolute atomic E-state index is 17.8. The summed E-state index contributed by atoms with van der Waals surface area (Å²) in [6, 6.07) is 90.8. The van der Waals surface area contributed by atoms with Gasteiger partial charge in [-0.3, -0.25) is 0 Å². The van der Waals surface area contributed by atoms with E-state index >= 15 is 4.57 Å². The van der Waals surface area contributed by atoms with Gasteiger partial charge in [0, 0.05) is 0 Å². The first-order valence-electron chi connectivity index (χ1n) is 20.3.